The van der Waals surface area contributed by atoms with Crippen molar-refractivity contribution in [2.75, 3.05) is 13.2 Å². The number of amides is 1. The lowest BCUT2D eigenvalue weighted by Crippen LogP contribution is -2.24. The molecule has 0 saturated carbocycles. The van der Waals surface area contributed by atoms with Crippen LogP contribution in [0.1, 0.15) is 24.8 Å². The number of carbonyl (C=O) groups is 1. The first-order chi connectivity index (χ1) is 8.88. The van der Waals surface area contributed by atoms with Crippen molar-refractivity contribution in [1.29, 1.82) is 0 Å². The minimum absolute atomic E-state index is 0.0960. The van der Waals surface area contributed by atoms with E-state index in [1.54, 1.807) is 0 Å². The highest BCUT2D eigenvalue weighted by molar-refractivity contribution is 5.45. The van der Waals surface area contributed by atoms with E-state index in [1.807, 2.05) is 24.3 Å². The number of carbonyl (C=O) groups excluding carboxylic acids is 1. The third-order valence-electron chi connectivity index (χ3n) is 2.97. The fourth-order valence-corrected chi connectivity index (χ4v) is 1.97. The van der Waals surface area contributed by atoms with Gasteiger partial charge >= 0.3 is 0 Å². The smallest absolute Gasteiger partial charge is 0.207 e. The summed E-state index contributed by atoms with van der Waals surface area (Å²) in [4.78, 5) is 10.1. The predicted molar refractivity (Wildman–Crippen MR) is 68.4 cm³/mol. The Morgan fingerprint density at radius 1 is 1.33 bits per heavy atom. The summed E-state index contributed by atoms with van der Waals surface area (Å²) < 4.78 is 11.3. The van der Waals surface area contributed by atoms with Gasteiger partial charge in [-0.3, -0.25) is 4.79 Å². The van der Waals surface area contributed by atoms with Gasteiger partial charge in [-0.15, -0.1) is 0 Å². The van der Waals surface area contributed by atoms with Crippen LogP contribution in [-0.4, -0.2) is 25.9 Å². The third kappa shape index (κ3) is 4.04. The van der Waals surface area contributed by atoms with Crippen molar-refractivity contribution in [2.45, 2.75) is 32.0 Å². The summed E-state index contributed by atoms with van der Waals surface area (Å²) in [7, 11) is 0. The lowest BCUT2D eigenvalue weighted by atomic mass is 10.1. The molecule has 1 aromatic rings. The molecule has 2 rings (SSSR count). The zero-order valence-corrected chi connectivity index (χ0v) is 10.4. The molecule has 0 aliphatic carbocycles. The molecule has 18 heavy (non-hydrogen) atoms. The van der Waals surface area contributed by atoms with Gasteiger partial charge in [-0.1, -0.05) is 12.1 Å². The van der Waals surface area contributed by atoms with Crippen molar-refractivity contribution in [3.8, 4) is 5.75 Å². The van der Waals surface area contributed by atoms with E-state index in [9.17, 15) is 4.79 Å². The molecule has 0 bridgehead atoms. The van der Waals surface area contributed by atoms with E-state index >= 15 is 0 Å². The van der Waals surface area contributed by atoms with E-state index in [2.05, 4.69) is 5.32 Å². The normalized spacial score (nSPS) is 19.2. The van der Waals surface area contributed by atoms with Crippen molar-refractivity contribution < 1.29 is 14.3 Å². The van der Waals surface area contributed by atoms with Crippen LogP contribution in [0.2, 0.25) is 0 Å². The molecule has 1 aromatic carbocycles. The monoisotopic (exact) mass is 249 g/mol. The zero-order valence-electron chi connectivity index (χ0n) is 10.4. The second-order valence-corrected chi connectivity index (χ2v) is 4.38. The minimum Gasteiger partial charge on any atom is -0.465 e. The van der Waals surface area contributed by atoms with Crippen molar-refractivity contribution in [3.05, 3.63) is 29.8 Å². The molecule has 0 radical (unpaired) electrons. The Hall–Kier alpha value is -1.55. The van der Waals surface area contributed by atoms with Crippen molar-refractivity contribution in [1.82, 2.24) is 5.32 Å². The number of benzene rings is 1. The van der Waals surface area contributed by atoms with Crippen molar-refractivity contribution in [2.24, 2.45) is 0 Å². The standard InChI is InChI=1S/C14H19NO3/c16-11-15-9-8-12-4-6-13(7-5-12)18-14-3-1-2-10-17-14/h4-7,11,14H,1-3,8-10H2,(H,15,16). The van der Waals surface area contributed by atoms with Crippen molar-refractivity contribution >= 4 is 6.41 Å². The van der Waals surface area contributed by atoms with Crippen LogP contribution in [0.3, 0.4) is 0 Å². The summed E-state index contributed by atoms with van der Waals surface area (Å²) in [5, 5.41) is 2.65. The second kappa shape index (κ2) is 7.01. The fourth-order valence-electron chi connectivity index (χ4n) is 1.97. The highest BCUT2D eigenvalue weighted by atomic mass is 16.7. The molecule has 98 valence electrons. The highest BCUT2D eigenvalue weighted by Gasteiger charge is 2.14. The Morgan fingerprint density at radius 2 is 2.17 bits per heavy atom. The molecule has 1 saturated heterocycles. The van der Waals surface area contributed by atoms with Crippen LogP contribution in [0, 0.1) is 0 Å². The number of ether oxygens (including phenoxy) is 2. The Kier molecular flexibility index (Phi) is 5.02. The predicted octanol–water partition coefficient (Wildman–Crippen LogP) is 1.88. The SMILES string of the molecule is O=CNCCc1ccc(OC2CCCCO2)cc1. The van der Waals surface area contributed by atoms with E-state index in [0.717, 1.165) is 38.0 Å². The van der Waals surface area contributed by atoms with E-state index in [0.29, 0.717) is 6.54 Å². The van der Waals surface area contributed by atoms with Gasteiger partial charge in [0.1, 0.15) is 5.75 Å². The fraction of sp³-hybridized carbons (Fsp3) is 0.500. The van der Waals surface area contributed by atoms with Crippen LogP contribution < -0.4 is 10.1 Å². The van der Waals surface area contributed by atoms with E-state index in [-0.39, 0.29) is 6.29 Å². The average molecular weight is 249 g/mol. The average Bonchev–Trinajstić information content (AvgIpc) is 2.42. The minimum atomic E-state index is -0.0960. The first-order valence-electron chi connectivity index (χ1n) is 6.43. The summed E-state index contributed by atoms with van der Waals surface area (Å²) >= 11 is 0. The molecule has 0 aromatic heterocycles. The summed E-state index contributed by atoms with van der Waals surface area (Å²) in [5.74, 6) is 0.842. The lowest BCUT2D eigenvalue weighted by Gasteiger charge is -2.23. The van der Waals surface area contributed by atoms with Gasteiger partial charge in [0.15, 0.2) is 6.29 Å². The molecule has 4 heteroatoms. The van der Waals surface area contributed by atoms with Crippen LogP contribution >= 0.6 is 0 Å². The summed E-state index contributed by atoms with van der Waals surface area (Å²) in [5.41, 5.74) is 1.18. The number of nitrogens with one attached hydrogen (secondary N) is 1. The Labute approximate surface area is 107 Å². The molecule has 1 unspecified atom stereocenters. The van der Waals surface area contributed by atoms with Crippen LogP contribution in [0.4, 0.5) is 0 Å². The number of hydrogen-bond donors (Lipinski definition) is 1. The Morgan fingerprint density at radius 3 is 2.83 bits per heavy atom. The first kappa shape index (κ1) is 12.9. The summed E-state index contributed by atoms with van der Waals surface area (Å²) in [6.07, 6.45) is 4.71. The van der Waals surface area contributed by atoms with Gasteiger partial charge in [-0.2, -0.15) is 0 Å². The van der Waals surface area contributed by atoms with E-state index in [4.69, 9.17) is 9.47 Å². The molecule has 1 N–H and O–H groups in total. The van der Waals surface area contributed by atoms with Gasteiger partial charge in [0.05, 0.1) is 6.61 Å². The van der Waals surface area contributed by atoms with Crippen LogP contribution in [0.5, 0.6) is 5.75 Å². The Bertz CT molecular complexity index is 358. The van der Waals surface area contributed by atoms with Crippen LogP contribution in [-0.2, 0) is 16.0 Å². The number of hydrogen-bond acceptors (Lipinski definition) is 3. The maximum atomic E-state index is 10.1. The molecule has 0 spiro atoms. The van der Waals surface area contributed by atoms with Gasteiger partial charge < -0.3 is 14.8 Å². The molecule has 1 aliphatic heterocycles. The topological polar surface area (TPSA) is 47.6 Å². The van der Waals surface area contributed by atoms with Gasteiger partial charge in [0.2, 0.25) is 6.41 Å². The van der Waals surface area contributed by atoms with Gasteiger partial charge in [-0.05, 0) is 37.0 Å². The summed E-state index contributed by atoms with van der Waals surface area (Å²) in [6, 6.07) is 7.94. The third-order valence-corrected chi connectivity index (χ3v) is 2.97. The Balaban J connectivity index is 1.80. The number of rotatable bonds is 6. The second-order valence-electron chi connectivity index (χ2n) is 4.38. The highest BCUT2D eigenvalue weighted by Crippen LogP contribution is 2.19. The maximum absolute atomic E-state index is 10.1. The van der Waals surface area contributed by atoms with E-state index < -0.39 is 0 Å². The largest absolute Gasteiger partial charge is 0.465 e. The molecular formula is C14H19NO3. The molecule has 1 heterocycles. The van der Waals surface area contributed by atoms with Gasteiger partial charge in [0, 0.05) is 13.0 Å². The molecule has 1 aliphatic rings. The molecular weight excluding hydrogens is 230 g/mol. The quantitative estimate of drug-likeness (QED) is 0.618. The molecule has 1 amide bonds. The summed E-state index contributed by atoms with van der Waals surface area (Å²) in [6.45, 7) is 1.45. The first-order valence-corrected chi connectivity index (χ1v) is 6.43. The molecule has 4 nitrogen and oxygen atoms in total. The molecule has 1 fully saturated rings. The van der Waals surface area contributed by atoms with Crippen LogP contribution in [0.25, 0.3) is 0 Å². The maximum Gasteiger partial charge on any atom is 0.207 e. The zero-order chi connectivity index (χ0) is 12.6. The van der Waals surface area contributed by atoms with Gasteiger partial charge in [0.25, 0.3) is 0 Å². The van der Waals surface area contributed by atoms with Crippen molar-refractivity contribution in [3.63, 3.8) is 0 Å². The molecule has 1 atom stereocenters. The van der Waals surface area contributed by atoms with Gasteiger partial charge in [-0.25, -0.2) is 0 Å². The van der Waals surface area contributed by atoms with Crippen LogP contribution in [0.15, 0.2) is 24.3 Å². The lowest BCUT2D eigenvalue weighted by molar-refractivity contribution is -0.109. The van der Waals surface area contributed by atoms with E-state index in [1.165, 1.54) is 12.0 Å².